The Morgan fingerprint density at radius 3 is 2.86 bits per heavy atom. The van der Waals surface area contributed by atoms with Crippen LogP contribution in [0.15, 0.2) is 41.2 Å². The van der Waals surface area contributed by atoms with Gasteiger partial charge in [-0.1, -0.05) is 6.07 Å². The minimum Gasteiger partial charge on any atom is -0.472 e. The van der Waals surface area contributed by atoms with Gasteiger partial charge < -0.3 is 19.4 Å². The highest BCUT2D eigenvalue weighted by Gasteiger charge is 2.21. The summed E-state index contributed by atoms with van der Waals surface area (Å²) in [6, 6.07) is 7.34. The molecular formula is C16H16N2O4. The minimum atomic E-state index is -0.335. The van der Waals surface area contributed by atoms with Gasteiger partial charge in [0.1, 0.15) is 6.26 Å². The molecule has 0 fully saturated rings. The van der Waals surface area contributed by atoms with Gasteiger partial charge in [0.15, 0.2) is 0 Å². The van der Waals surface area contributed by atoms with Crippen LogP contribution in [0.4, 0.5) is 10.5 Å². The number of methoxy groups -OCH3 is 1. The van der Waals surface area contributed by atoms with Crippen molar-refractivity contribution in [2.24, 2.45) is 0 Å². The van der Waals surface area contributed by atoms with Crippen molar-refractivity contribution < 1.29 is 18.7 Å². The van der Waals surface area contributed by atoms with Crippen LogP contribution >= 0.6 is 0 Å². The Morgan fingerprint density at radius 1 is 1.27 bits per heavy atom. The third kappa shape index (κ3) is 2.81. The second-order valence-corrected chi connectivity index (χ2v) is 5.09. The molecule has 0 spiro atoms. The van der Waals surface area contributed by atoms with E-state index in [1.54, 1.807) is 11.0 Å². The first kappa shape index (κ1) is 14.2. The van der Waals surface area contributed by atoms with Crippen LogP contribution in [0.3, 0.4) is 0 Å². The monoisotopic (exact) mass is 300 g/mol. The fourth-order valence-corrected chi connectivity index (χ4v) is 2.52. The number of rotatable bonds is 2. The van der Waals surface area contributed by atoms with Crippen LogP contribution in [0.25, 0.3) is 0 Å². The first-order valence-corrected chi connectivity index (χ1v) is 6.95. The molecule has 1 aliphatic rings. The van der Waals surface area contributed by atoms with Crippen LogP contribution in [0.2, 0.25) is 0 Å². The van der Waals surface area contributed by atoms with Crippen LogP contribution in [-0.2, 0) is 17.7 Å². The molecule has 6 heteroatoms. The van der Waals surface area contributed by atoms with Crippen molar-refractivity contribution in [2.45, 2.75) is 13.0 Å². The van der Waals surface area contributed by atoms with Crippen molar-refractivity contribution in [3.63, 3.8) is 0 Å². The van der Waals surface area contributed by atoms with Crippen molar-refractivity contribution in [1.29, 1.82) is 0 Å². The number of nitrogens with one attached hydrogen (secondary N) is 1. The lowest BCUT2D eigenvalue weighted by Gasteiger charge is -2.28. The number of benzene rings is 1. The zero-order valence-electron chi connectivity index (χ0n) is 12.2. The highest BCUT2D eigenvalue weighted by Crippen LogP contribution is 2.23. The Labute approximate surface area is 127 Å². The largest absolute Gasteiger partial charge is 0.472 e. The number of amides is 2. The normalized spacial score (nSPS) is 13.4. The number of ether oxygens (including phenoxy) is 1. The van der Waals surface area contributed by atoms with E-state index in [1.165, 1.54) is 25.2 Å². The lowest BCUT2D eigenvalue weighted by Crippen LogP contribution is -2.35. The Hall–Kier alpha value is -2.76. The average molecular weight is 300 g/mol. The highest BCUT2D eigenvalue weighted by atomic mass is 16.5. The topological polar surface area (TPSA) is 71.8 Å². The van der Waals surface area contributed by atoms with Gasteiger partial charge in [0.25, 0.3) is 5.91 Å². The van der Waals surface area contributed by atoms with E-state index in [4.69, 9.17) is 9.15 Å². The molecule has 2 amide bonds. The van der Waals surface area contributed by atoms with E-state index in [0.29, 0.717) is 24.3 Å². The summed E-state index contributed by atoms with van der Waals surface area (Å²) in [6.45, 7) is 1.12. The molecule has 3 rings (SSSR count). The maximum Gasteiger partial charge on any atom is 0.409 e. The van der Waals surface area contributed by atoms with Gasteiger partial charge in [0.2, 0.25) is 0 Å². The van der Waals surface area contributed by atoms with Crippen molar-refractivity contribution in [2.75, 3.05) is 19.0 Å². The third-order valence-corrected chi connectivity index (χ3v) is 3.69. The summed E-state index contributed by atoms with van der Waals surface area (Å²) in [6.07, 6.45) is 3.29. The van der Waals surface area contributed by atoms with Gasteiger partial charge in [-0.15, -0.1) is 0 Å². The quantitative estimate of drug-likeness (QED) is 0.925. The van der Waals surface area contributed by atoms with Crippen molar-refractivity contribution in [3.05, 3.63) is 53.5 Å². The number of fused-ring (bicyclic) bond motifs is 1. The standard InChI is InChI=1S/C16H16N2O4/c1-21-16(20)18-6-4-11-2-3-14(8-13(11)9-18)17-15(19)12-5-7-22-10-12/h2-3,5,7-8,10H,4,6,9H2,1H3,(H,17,19). The molecule has 0 unspecified atom stereocenters. The number of hydrogen-bond donors (Lipinski definition) is 1. The molecule has 0 saturated heterocycles. The number of furan rings is 1. The van der Waals surface area contributed by atoms with E-state index in [0.717, 1.165) is 12.0 Å². The molecule has 6 nitrogen and oxygen atoms in total. The molecule has 1 aromatic heterocycles. The van der Waals surface area contributed by atoms with Gasteiger partial charge in [0.05, 0.1) is 18.9 Å². The second-order valence-electron chi connectivity index (χ2n) is 5.09. The molecule has 2 aromatic rings. The van der Waals surface area contributed by atoms with Gasteiger partial charge in [-0.25, -0.2) is 4.79 Å². The lowest BCUT2D eigenvalue weighted by atomic mass is 9.99. The molecular weight excluding hydrogens is 284 g/mol. The van der Waals surface area contributed by atoms with E-state index in [1.807, 2.05) is 18.2 Å². The molecule has 0 saturated carbocycles. The van der Waals surface area contributed by atoms with Crippen molar-refractivity contribution >= 4 is 17.7 Å². The van der Waals surface area contributed by atoms with Crippen LogP contribution in [-0.4, -0.2) is 30.6 Å². The molecule has 0 atom stereocenters. The summed E-state index contributed by atoms with van der Waals surface area (Å²) in [5.74, 6) is -0.227. The second kappa shape index (κ2) is 5.93. The average Bonchev–Trinajstić information content (AvgIpc) is 3.08. The fourth-order valence-electron chi connectivity index (χ4n) is 2.52. The molecule has 0 aliphatic carbocycles. The number of carbonyl (C=O) groups excluding carboxylic acids is 2. The SMILES string of the molecule is COC(=O)N1CCc2ccc(NC(=O)c3ccoc3)cc2C1. The van der Waals surface area contributed by atoms with Crippen LogP contribution < -0.4 is 5.32 Å². The van der Waals surface area contributed by atoms with Crippen molar-refractivity contribution in [3.8, 4) is 0 Å². The van der Waals surface area contributed by atoms with Gasteiger partial charge in [0, 0.05) is 18.8 Å². The molecule has 0 bridgehead atoms. The molecule has 22 heavy (non-hydrogen) atoms. The van der Waals surface area contributed by atoms with Gasteiger partial charge in [-0.3, -0.25) is 4.79 Å². The Bertz CT molecular complexity index is 694. The maximum absolute atomic E-state index is 12.0. The predicted octanol–water partition coefficient (Wildman–Crippen LogP) is 2.66. The molecule has 0 radical (unpaired) electrons. The number of hydrogen-bond acceptors (Lipinski definition) is 4. The number of anilines is 1. The number of carbonyl (C=O) groups is 2. The molecule has 1 aromatic carbocycles. The maximum atomic E-state index is 12.0. The minimum absolute atomic E-state index is 0.227. The Balaban J connectivity index is 1.76. The molecule has 1 N–H and O–H groups in total. The van der Waals surface area contributed by atoms with E-state index in [9.17, 15) is 9.59 Å². The van der Waals surface area contributed by atoms with Gasteiger partial charge in [-0.05, 0) is 35.7 Å². The molecule has 2 heterocycles. The van der Waals surface area contributed by atoms with Gasteiger partial charge >= 0.3 is 6.09 Å². The van der Waals surface area contributed by atoms with Crippen LogP contribution in [0.5, 0.6) is 0 Å². The first-order valence-electron chi connectivity index (χ1n) is 6.95. The van der Waals surface area contributed by atoms with Gasteiger partial charge in [-0.2, -0.15) is 0 Å². The van der Waals surface area contributed by atoms with E-state index in [2.05, 4.69) is 5.32 Å². The van der Waals surface area contributed by atoms with E-state index < -0.39 is 0 Å². The van der Waals surface area contributed by atoms with E-state index in [-0.39, 0.29) is 12.0 Å². The van der Waals surface area contributed by atoms with Crippen LogP contribution in [0, 0.1) is 0 Å². The zero-order chi connectivity index (χ0) is 15.5. The molecule has 1 aliphatic heterocycles. The predicted molar refractivity (Wildman–Crippen MR) is 79.6 cm³/mol. The summed E-state index contributed by atoms with van der Waals surface area (Å²) < 4.78 is 9.65. The summed E-state index contributed by atoms with van der Waals surface area (Å²) in [4.78, 5) is 25.3. The summed E-state index contributed by atoms with van der Waals surface area (Å²) in [5.41, 5.74) is 3.36. The Morgan fingerprint density at radius 2 is 2.14 bits per heavy atom. The summed E-state index contributed by atoms with van der Waals surface area (Å²) in [5, 5.41) is 2.82. The van der Waals surface area contributed by atoms with Crippen molar-refractivity contribution in [1.82, 2.24) is 4.90 Å². The first-order chi connectivity index (χ1) is 10.7. The number of nitrogens with zero attached hydrogens (tertiary/aromatic N) is 1. The van der Waals surface area contributed by atoms with E-state index >= 15 is 0 Å². The zero-order valence-corrected chi connectivity index (χ0v) is 12.2. The smallest absolute Gasteiger partial charge is 0.409 e. The fraction of sp³-hybridized carbons (Fsp3) is 0.250. The highest BCUT2D eigenvalue weighted by molar-refractivity contribution is 6.04. The third-order valence-electron chi connectivity index (χ3n) is 3.69. The Kier molecular flexibility index (Phi) is 3.82. The van der Waals surface area contributed by atoms with Crippen LogP contribution in [0.1, 0.15) is 21.5 Å². The summed E-state index contributed by atoms with van der Waals surface area (Å²) >= 11 is 0. The summed E-state index contributed by atoms with van der Waals surface area (Å²) in [7, 11) is 1.37. The molecule has 114 valence electrons. The lowest BCUT2D eigenvalue weighted by molar-refractivity contribution is 0.102.